The molecule has 0 radical (unpaired) electrons. The minimum Gasteiger partial charge on any atom is -0.481 e. The molecule has 2 heterocycles. The van der Waals surface area contributed by atoms with E-state index in [0.29, 0.717) is 12.8 Å². The third-order valence-electron chi connectivity index (χ3n) is 5.71. The first-order chi connectivity index (χ1) is 16.2. The predicted octanol–water partition coefficient (Wildman–Crippen LogP) is -0.811. The third-order valence-corrected chi connectivity index (χ3v) is 5.71. The van der Waals surface area contributed by atoms with E-state index >= 15 is 0 Å². The maximum absolute atomic E-state index is 12.6. The zero-order valence-corrected chi connectivity index (χ0v) is 18.3. The lowest BCUT2D eigenvalue weighted by atomic mass is 10.0. The smallest absolute Gasteiger partial charge is 0.326 e. The average Bonchev–Trinajstić information content (AvgIpc) is 3.43. The monoisotopic (exact) mass is 473 g/mol. The maximum Gasteiger partial charge on any atom is 0.326 e. The Balaban J connectivity index is 1.55. The second-order valence-electron chi connectivity index (χ2n) is 8.13. The molecule has 3 atom stereocenters. The molecule has 2 aromatic rings. The van der Waals surface area contributed by atoms with E-state index in [4.69, 9.17) is 10.8 Å². The van der Waals surface area contributed by atoms with Gasteiger partial charge in [0.2, 0.25) is 17.7 Å². The Hall–Kier alpha value is -3.93. The van der Waals surface area contributed by atoms with Crippen molar-refractivity contribution in [1.82, 2.24) is 20.5 Å². The van der Waals surface area contributed by atoms with E-state index in [9.17, 15) is 29.1 Å². The number of benzene rings is 1. The minimum absolute atomic E-state index is 0.0470. The highest BCUT2D eigenvalue weighted by atomic mass is 16.4. The van der Waals surface area contributed by atoms with Gasteiger partial charge in [0.1, 0.15) is 12.1 Å². The number of aliphatic carboxylic acids is 2. The van der Waals surface area contributed by atoms with Crippen LogP contribution in [-0.2, 0) is 30.4 Å². The van der Waals surface area contributed by atoms with Crippen LogP contribution in [0, 0.1) is 0 Å². The van der Waals surface area contributed by atoms with Gasteiger partial charge < -0.3 is 36.5 Å². The van der Waals surface area contributed by atoms with Crippen LogP contribution in [0.15, 0.2) is 30.5 Å². The molecule has 1 aromatic heterocycles. The van der Waals surface area contributed by atoms with Crippen LogP contribution in [0.2, 0.25) is 0 Å². The summed E-state index contributed by atoms with van der Waals surface area (Å²) in [6, 6.07) is 4.03. The summed E-state index contributed by atoms with van der Waals surface area (Å²) in [6.07, 6.45) is 2.05. The van der Waals surface area contributed by atoms with Crippen LogP contribution >= 0.6 is 0 Å². The average molecular weight is 473 g/mol. The number of likely N-dealkylation sites (tertiary alicyclic amines) is 1. The molecule has 0 bridgehead atoms. The molecule has 3 rings (SSSR count). The number of hydrogen-bond acceptors (Lipinski definition) is 6. The van der Waals surface area contributed by atoms with Gasteiger partial charge in [0.15, 0.2) is 0 Å². The van der Waals surface area contributed by atoms with Crippen LogP contribution in [-0.4, -0.2) is 81.0 Å². The normalized spacial score (nSPS) is 17.2. The molecule has 0 spiro atoms. The van der Waals surface area contributed by atoms with E-state index in [1.165, 1.54) is 4.90 Å². The number of nitrogens with two attached hydrogens (primary N) is 1. The zero-order valence-electron chi connectivity index (χ0n) is 18.3. The summed E-state index contributed by atoms with van der Waals surface area (Å²) >= 11 is 0. The van der Waals surface area contributed by atoms with Gasteiger partial charge in [-0.15, -0.1) is 0 Å². The number of para-hydroxylation sites is 1. The van der Waals surface area contributed by atoms with Crippen LogP contribution in [0.5, 0.6) is 0 Å². The van der Waals surface area contributed by atoms with Gasteiger partial charge in [-0.05, 0) is 24.5 Å². The van der Waals surface area contributed by atoms with Gasteiger partial charge in [0.25, 0.3) is 0 Å². The van der Waals surface area contributed by atoms with E-state index < -0.39 is 60.8 Å². The van der Waals surface area contributed by atoms with Crippen LogP contribution in [0.3, 0.4) is 0 Å². The Morgan fingerprint density at radius 2 is 1.91 bits per heavy atom. The minimum atomic E-state index is -1.27. The molecule has 12 heteroatoms. The number of carbonyl (C=O) groups excluding carboxylic acids is 3. The number of nitrogens with one attached hydrogen (secondary N) is 3. The van der Waals surface area contributed by atoms with Crippen molar-refractivity contribution in [3.63, 3.8) is 0 Å². The Morgan fingerprint density at radius 1 is 1.18 bits per heavy atom. The lowest BCUT2D eigenvalue weighted by molar-refractivity contribution is -0.144. The third kappa shape index (κ3) is 5.90. The van der Waals surface area contributed by atoms with Crippen molar-refractivity contribution in [3.05, 3.63) is 36.0 Å². The van der Waals surface area contributed by atoms with E-state index in [-0.39, 0.29) is 13.0 Å². The number of fused-ring (bicyclic) bond motifs is 1. The van der Waals surface area contributed by atoms with Crippen LogP contribution in [0.25, 0.3) is 10.9 Å². The summed E-state index contributed by atoms with van der Waals surface area (Å²) in [6.45, 7) is -0.224. The second kappa shape index (κ2) is 10.8. The summed E-state index contributed by atoms with van der Waals surface area (Å²) < 4.78 is 0. The number of aromatic nitrogens is 1. The number of rotatable bonds is 10. The van der Waals surface area contributed by atoms with Gasteiger partial charge >= 0.3 is 11.9 Å². The Labute approximate surface area is 194 Å². The highest BCUT2D eigenvalue weighted by Gasteiger charge is 2.36. The molecule has 1 fully saturated rings. The molecule has 3 amide bonds. The summed E-state index contributed by atoms with van der Waals surface area (Å²) in [5, 5.41) is 24.0. The molecular formula is C22H27N5O7. The molecule has 182 valence electrons. The number of H-pyrrole nitrogens is 1. The van der Waals surface area contributed by atoms with Crippen molar-refractivity contribution in [2.75, 3.05) is 13.1 Å². The molecule has 1 aliphatic heterocycles. The fraction of sp³-hybridized carbons (Fsp3) is 0.409. The first-order valence-corrected chi connectivity index (χ1v) is 10.8. The first kappa shape index (κ1) is 24.7. The topological polar surface area (TPSA) is 195 Å². The lowest BCUT2D eigenvalue weighted by Crippen LogP contribution is -2.53. The summed E-state index contributed by atoms with van der Waals surface area (Å²) in [4.78, 5) is 64.1. The molecule has 34 heavy (non-hydrogen) atoms. The number of carboxylic acid groups (broad SMARTS) is 2. The van der Waals surface area contributed by atoms with Gasteiger partial charge in [-0.2, -0.15) is 0 Å². The van der Waals surface area contributed by atoms with Gasteiger partial charge in [0.05, 0.1) is 19.0 Å². The van der Waals surface area contributed by atoms with Crippen molar-refractivity contribution >= 4 is 40.6 Å². The van der Waals surface area contributed by atoms with Crippen molar-refractivity contribution in [2.45, 2.75) is 43.8 Å². The summed E-state index contributed by atoms with van der Waals surface area (Å²) in [7, 11) is 0. The highest BCUT2D eigenvalue weighted by Crippen LogP contribution is 2.20. The van der Waals surface area contributed by atoms with Gasteiger partial charge in [0, 0.05) is 30.1 Å². The fourth-order valence-corrected chi connectivity index (χ4v) is 4.04. The van der Waals surface area contributed by atoms with Crippen molar-refractivity contribution in [3.8, 4) is 0 Å². The highest BCUT2D eigenvalue weighted by molar-refractivity contribution is 5.94. The van der Waals surface area contributed by atoms with Crippen LogP contribution in [0.4, 0.5) is 0 Å². The van der Waals surface area contributed by atoms with Gasteiger partial charge in [-0.1, -0.05) is 18.2 Å². The van der Waals surface area contributed by atoms with Gasteiger partial charge in [-0.3, -0.25) is 19.2 Å². The van der Waals surface area contributed by atoms with Gasteiger partial charge in [-0.25, -0.2) is 4.79 Å². The Kier molecular flexibility index (Phi) is 7.84. The number of nitrogens with zero attached hydrogens (tertiary/aromatic N) is 1. The Bertz CT molecular complexity index is 1100. The van der Waals surface area contributed by atoms with Crippen molar-refractivity contribution < 1.29 is 34.2 Å². The molecule has 12 nitrogen and oxygen atoms in total. The second-order valence-corrected chi connectivity index (χ2v) is 8.13. The number of aromatic amines is 1. The van der Waals surface area contributed by atoms with E-state index in [2.05, 4.69) is 15.6 Å². The SMILES string of the molecule is NC(CC(=O)O)C(=O)N1CCCC1C(=O)NCC(=O)NC(Cc1c[nH]c2ccccc12)C(=O)O. The standard InChI is InChI=1S/C22H27N5O7/c23-14(9-19(29)30)21(32)27-7-3-6-17(27)20(31)25-11-18(28)26-16(22(33)34)8-12-10-24-15-5-2-1-4-13(12)15/h1-2,4-5,10,14,16-17,24H,3,6-9,11,23H2,(H,25,31)(H,26,28)(H,29,30)(H,33,34). The zero-order chi connectivity index (χ0) is 24.8. The summed E-state index contributed by atoms with van der Waals surface area (Å²) in [5.41, 5.74) is 7.20. The molecule has 1 saturated heterocycles. The first-order valence-electron chi connectivity index (χ1n) is 10.8. The largest absolute Gasteiger partial charge is 0.481 e. The fourth-order valence-electron chi connectivity index (χ4n) is 4.04. The predicted molar refractivity (Wildman–Crippen MR) is 120 cm³/mol. The number of amides is 3. The van der Waals surface area contributed by atoms with Crippen LogP contribution < -0.4 is 16.4 Å². The molecule has 1 aromatic carbocycles. The van der Waals surface area contributed by atoms with Crippen molar-refractivity contribution in [2.24, 2.45) is 5.73 Å². The number of hydrogen-bond donors (Lipinski definition) is 6. The molecule has 3 unspecified atom stereocenters. The van der Waals surface area contributed by atoms with Crippen molar-refractivity contribution in [1.29, 1.82) is 0 Å². The lowest BCUT2D eigenvalue weighted by Gasteiger charge is -2.26. The maximum atomic E-state index is 12.6. The number of carboxylic acids is 2. The molecule has 0 aliphatic carbocycles. The Morgan fingerprint density at radius 3 is 2.62 bits per heavy atom. The van der Waals surface area contributed by atoms with Crippen LogP contribution in [0.1, 0.15) is 24.8 Å². The van der Waals surface area contributed by atoms with E-state index in [1.54, 1.807) is 6.20 Å². The molecule has 7 N–H and O–H groups in total. The van der Waals surface area contributed by atoms with E-state index in [0.717, 1.165) is 16.5 Å². The summed E-state index contributed by atoms with van der Waals surface area (Å²) in [5.74, 6) is -4.37. The molecule has 1 aliphatic rings. The quantitative estimate of drug-likeness (QED) is 0.258. The van der Waals surface area contributed by atoms with E-state index in [1.807, 2.05) is 24.3 Å². The number of carbonyl (C=O) groups is 5. The molecular weight excluding hydrogens is 446 g/mol. The molecule has 0 saturated carbocycles.